The van der Waals surface area contributed by atoms with Crippen molar-refractivity contribution in [2.75, 3.05) is 19.6 Å². The zero-order valence-corrected chi connectivity index (χ0v) is 14.3. The average Bonchev–Trinajstić information content (AvgIpc) is 3.02. The molecule has 0 bridgehead atoms. The molecule has 0 radical (unpaired) electrons. The van der Waals surface area contributed by atoms with Crippen molar-refractivity contribution >= 4 is 10.9 Å². The maximum Gasteiger partial charge on any atom is 0.0531 e. The minimum Gasteiger partial charge on any atom is -0.316 e. The van der Waals surface area contributed by atoms with Gasteiger partial charge in [-0.15, -0.1) is 0 Å². The summed E-state index contributed by atoms with van der Waals surface area (Å²) in [5.74, 6) is 0. The second kappa shape index (κ2) is 7.23. The van der Waals surface area contributed by atoms with Gasteiger partial charge in [-0.25, -0.2) is 0 Å². The van der Waals surface area contributed by atoms with E-state index in [0.717, 1.165) is 6.42 Å². The number of hydrogen-bond acceptors (Lipinski definition) is 1. The number of aryl methyl sites for hydroxylation is 1. The SMILES string of the molecule is c1ccc(-n2cc(CCCN3CCCCC3)c3ccccc32)cc1. The smallest absolute Gasteiger partial charge is 0.0531 e. The van der Waals surface area contributed by atoms with E-state index in [-0.39, 0.29) is 0 Å². The predicted octanol–water partition coefficient (Wildman–Crippen LogP) is 5.05. The predicted molar refractivity (Wildman–Crippen MR) is 102 cm³/mol. The third kappa shape index (κ3) is 3.25. The number of piperidine rings is 1. The van der Waals surface area contributed by atoms with Crippen LogP contribution in [0.3, 0.4) is 0 Å². The molecule has 4 rings (SSSR count). The average molecular weight is 318 g/mol. The molecule has 0 N–H and O–H groups in total. The first-order valence-corrected chi connectivity index (χ1v) is 9.28. The van der Waals surface area contributed by atoms with Crippen molar-refractivity contribution in [3.05, 3.63) is 66.4 Å². The fourth-order valence-electron chi connectivity index (χ4n) is 3.93. The quantitative estimate of drug-likeness (QED) is 0.639. The van der Waals surface area contributed by atoms with Crippen LogP contribution in [0.15, 0.2) is 60.8 Å². The van der Waals surface area contributed by atoms with E-state index >= 15 is 0 Å². The van der Waals surface area contributed by atoms with Gasteiger partial charge in [0.2, 0.25) is 0 Å². The van der Waals surface area contributed by atoms with Crippen LogP contribution in [0.2, 0.25) is 0 Å². The first-order chi connectivity index (χ1) is 11.9. The van der Waals surface area contributed by atoms with Gasteiger partial charge in [-0.3, -0.25) is 0 Å². The molecule has 1 aliphatic heterocycles. The minimum atomic E-state index is 1.16. The zero-order chi connectivity index (χ0) is 16.2. The molecule has 1 aromatic heterocycles. The molecule has 1 saturated heterocycles. The molecule has 2 aromatic carbocycles. The number of rotatable bonds is 5. The van der Waals surface area contributed by atoms with Gasteiger partial charge >= 0.3 is 0 Å². The summed E-state index contributed by atoms with van der Waals surface area (Å²) in [5, 5.41) is 1.40. The van der Waals surface area contributed by atoms with Crippen LogP contribution in [-0.2, 0) is 6.42 Å². The molecule has 24 heavy (non-hydrogen) atoms. The fourth-order valence-corrected chi connectivity index (χ4v) is 3.93. The molecule has 0 spiro atoms. The Labute approximate surface area is 144 Å². The van der Waals surface area contributed by atoms with Gasteiger partial charge < -0.3 is 9.47 Å². The molecule has 2 heteroatoms. The largest absolute Gasteiger partial charge is 0.316 e. The summed E-state index contributed by atoms with van der Waals surface area (Å²) in [6.45, 7) is 3.84. The summed E-state index contributed by atoms with van der Waals surface area (Å²) in [7, 11) is 0. The van der Waals surface area contributed by atoms with Gasteiger partial charge in [0.15, 0.2) is 0 Å². The Hall–Kier alpha value is -2.06. The van der Waals surface area contributed by atoms with E-state index < -0.39 is 0 Å². The Morgan fingerprint density at radius 3 is 2.38 bits per heavy atom. The zero-order valence-electron chi connectivity index (χ0n) is 14.3. The van der Waals surface area contributed by atoms with Crippen LogP contribution < -0.4 is 0 Å². The van der Waals surface area contributed by atoms with Crippen molar-refractivity contribution in [3.63, 3.8) is 0 Å². The van der Waals surface area contributed by atoms with Gasteiger partial charge in [-0.1, -0.05) is 42.8 Å². The molecule has 0 aliphatic carbocycles. The lowest BCUT2D eigenvalue weighted by Gasteiger charge is -2.26. The summed E-state index contributed by atoms with van der Waals surface area (Å²) in [6.07, 6.45) is 8.94. The van der Waals surface area contributed by atoms with Gasteiger partial charge in [0.05, 0.1) is 5.52 Å². The summed E-state index contributed by atoms with van der Waals surface area (Å²) < 4.78 is 2.34. The first-order valence-electron chi connectivity index (χ1n) is 9.28. The molecule has 0 amide bonds. The third-order valence-corrected chi connectivity index (χ3v) is 5.20. The molecule has 3 aromatic rings. The van der Waals surface area contributed by atoms with Gasteiger partial charge in [0, 0.05) is 17.3 Å². The maximum absolute atomic E-state index is 2.64. The lowest BCUT2D eigenvalue weighted by Crippen LogP contribution is -2.30. The summed E-state index contributed by atoms with van der Waals surface area (Å²) in [4.78, 5) is 2.64. The number of benzene rings is 2. The number of fused-ring (bicyclic) bond motifs is 1. The van der Waals surface area contributed by atoms with Crippen LogP contribution in [-0.4, -0.2) is 29.1 Å². The van der Waals surface area contributed by atoms with Gasteiger partial charge in [0.1, 0.15) is 0 Å². The topological polar surface area (TPSA) is 8.17 Å². The fraction of sp³-hybridized carbons (Fsp3) is 0.364. The van der Waals surface area contributed by atoms with E-state index in [1.165, 1.54) is 67.5 Å². The van der Waals surface area contributed by atoms with Crippen molar-refractivity contribution in [2.24, 2.45) is 0 Å². The highest BCUT2D eigenvalue weighted by Gasteiger charge is 2.12. The van der Waals surface area contributed by atoms with E-state index in [1.807, 2.05) is 0 Å². The molecule has 124 valence electrons. The van der Waals surface area contributed by atoms with Crippen LogP contribution in [0.25, 0.3) is 16.6 Å². The first kappa shape index (κ1) is 15.5. The minimum absolute atomic E-state index is 1.16. The van der Waals surface area contributed by atoms with E-state index in [1.54, 1.807) is 0 Å². The van der Waals surface area contributed by atoms with Crippen molar-refractivity contribution in [1.82, 2.24) is 9.47 Å². The monoisotopic (exact) mass is 318 g/mol. The van der Waals surface area contributed by atoms with E-state index in [4.69, 9.17) is 0 Å². The highest BCUT2D eigenvalue weighted by molar-refractivity contribution is 5.85. The molecule has 1 aliphatic rings. The number of hydrogen-bond donors (Lipinski definition) is 0. The molecular formula is C22H26N2. The number of likely N-dealkylation sites (tertiary alicyclic amines) is 1. The summed E-state index contributed by atoms with van der Waals surface area (Å²) in [6, 6.07) is 19.5. The highest BCUT2D eigenvalue weighted by Crippen LogP contribution is 2.26. The molecule has 2 heterocycles. The lowest BCUT2D eigenvalue weighted by molar-refractivity contribution is 0.226. The number of aromatic nitrogens is 1. The normalized spacial score (nSPS) is 15.8. The highest BCUT2D eigenvalue weighted by atomic mass is 15.1. The second-order valence-electron chi connectivity index (χ2n) is 6.88. The lowest BCUT2D eigenvalue weighted by atomic mass is 10.1. The Balaban J connectivity index is 1.54. The van der Waals surface area contributed by atoms with Gasteiger partial charge in [-0.05, 0) is 69.1 Å². The standard InChI is InChI=1S/C22H26N2/c1-3-11-20(12-4-1)24-18-19(21-13-5-6-14-22(21)24)10-9-17-23-15-7-2-8-16-23/h1,3-6,11-14,18H,2,7-10,15-17H2. The Kier molecular flexibility index (Phi) is 4.66. The van der Waals surface area contributed by atoms with Crippen molar-refractivity contribution in [1.29, 1.82) is 0 Å². The van der Waals surface area contributed by atoms with Crippen LogP contribution in [0.1, 0.15) is 31.2 Å². The molecule has 0 saturated carbocycles. The van der Waals surface area contributed by atoms with E-state index in [9.17, 15) is 0 Å². The Morgan fingerprint density at radius 1 is 0.792 bits per heavy atom. The molecular weight excluding hydrogens is 292 g/mol. The Bertz CT molecular complexity index is 782. The van der Waals surface area contributed by atoms with Crippen LogP contribution in [0, 0.1) is 0 Å². The van der Waals surface area contributed by atoms with Crippen molar-refractivity contribution in [2.45, 2.75) is 32.1 Å². The van der Waals surface area contributed by atoms with Gasteiger partial charge in [-0.2, -0.15) is 0 Å². The molecule has 1 fully saturated rings. The van der Waals surface area contributed by atoms with Crippen LogP contribution in [0.5, 0.6) is 0 Å². The molecule has 2 nitrogen and oxygen atoms in total. The number of nitrogens with zero attached hydrogens (tertiary/aromatic N) is 2. The summed E-state index contributed by atoms with van der Waals surface area (Å²) in [5.41, 5.74) is 4.04. The third-order valence-electron chi connectivity index (χ3n) is 5.20. The second-order valence-corrected chi connectivity index (χ2v) is 6.88. The van der Waals surface area contributed by atoms with E-state index in [0.29, 0.717) is 0 Å². The summed E-state index contributed by atoms with van der Waals surface area (Å²) >= 11 is 0. The van der Waals surface area contributed by atoms with Crippen LogP contribution >= 0.6 is 0 Å². The number of para-hydroxylation sites is 2. The van der Waals surface area contributed by atoms with Gasteiger partial charge in [0.25, 0.3) is 0 Å². The molecule has 0 atom stereocenters. The van der Waals surface area contributed by atoms with Crippen molar-refractivity contribution < 1.29 is 0 Å². The Morgan fingerprint density at radius 2 is 1.54 bits per heavy atom. The maximum atomic E-state index is 2.64. The molecule has 0 unspecified atom stereocenters. The van der Waals surface area contributed by atoms with Crippen LogP contribution in [0.4, 0.5) is 0 Å². The van der Waals surface area contributed by atoms with E-state index in [2.05, 4.69) is 70.3 Å². The van der Waals surface area contributed by atoms with Crippen molar-refractivity contribution in [3.8, 4) is 5.69 Å².